The number of nitrogens with one attached hydrogen (secondary N) is 2. The van der Waals surface area contributed by atoms with E-state index >= 15 is 0 Å². The van der Waals surface area contributed by atoms with E-state index in [-0.39, 0.29) is 35.5 Å². The van der Waals surface area contributed by atoms with Gasteiger partial charge in [0, 0.05) is 17.1 Å². The van der Waals surface area contributed by atoms with E-state index in [1.54, 1.807) is 4.90 Å². The maximum absolute atomic E-state index is 12.8. The summed E-state index contributed by atoms with van der Waals surface area (Å²) in [6, 6.07) is 9.86. The van der Waals surface area contributed by atoms with E-state index in [0.29, 0.717) is 5.75 Å². The van der Waals surface area contributed by atoms with Crippen LogP contribution in [0.2, 0.25) is 0 Å². The monoisotopic (exact) mass is 387 g/mol. The second-order valence-electron chi connectivity index (χ2n) is 8.73. The van der Waals surface area contributed by atoms with Crippen LogP contribution in [0.1, 0.15) is 46.1 Å². The van der Waals surface area contributed by atoms with Gasteiger partial charge in [-0.2, -0.15) is 0 Å². The molecular formula is C21H29N3O2S. The molecule has 6 heteroatoms. The number of thioether (sulfide) groups is 1. The first-order valence-corrected chi connectivity index (χ1v) is 10.5. The molecule has 146 valence electrons. The lowest BCUT2D eigenvalue weighted by atomic mass is 9.79. The molecule has 3 rings (SSSR count). The SMILES string of the molecule is CC1(C)CC(NC(=O)CN2C(=O)CSC=C2c2ccccc2)CC(C)(C)N1. The molecule has 0 aromatic heterocycles. The van der Waals surface area contributed by atoms with Crippen molar-refractivity contribution >= 4 is 29.3 Å². The zero-order chi connectivity index (χ0) is 19.7. The van der Waals surface area contributed by atoms with Crippen LogP contribution >= 0.6 is 11.8 Å². The first-order valence-electron chi connectivity index (χ1n) is 9.41. The van der Waals surface area contributed by atoms with Crippen LogP contribution in [0.15, 0.2) is 35.7 Å². The van der Waals surface area contributed by atoms with Gasteiger partial charge in [0.25, 0.3) is 0 Å². The summed E-state index contributed by atoms with van der Waals surface area (Å²) in [4.78, 5) is 26.9. The summed E-state index contributed by atoms with van der Waals surface area (Å²) in [5, 5.41) is 8.76. The van der Waals surface area contributed by atoms with Crippen LogP contribution in [0.5, 0.6) is 0 Å². The largest absolute Gasteiger partial charge is 0.352 e. The van der Waals surface area contributed by atoms with Gasteiger partial charge in [0.2, 0.25) is 11.8 Å². The van der Waals surface area contributed by atoms with Crippen molar-refractivity contribution in [3.63, 3.8) is 0 Å². The standard InChI is InChI=1S/C21H29N3O2S/c1-20(2)10-16(11-21(3,4)23-20)22-18(25)12-24-17(13-27-14-19(24)26)15-8-6-5-7-9-15/h5-9,13,16,23H,10-12,14H2,1-4H3,(H,22,25). The van der Waals surface area contributed by atoms with Gasteiger partial charge in [0.05, 0.1) is 11.4 Å². The van der Waals surface area contributed by atoms with Crippen molar-refractivity contribution in [2.75, 3.05) is 12.3 Å². The van der Waals surface area contributed by atoms with Gasteiger partial charge in [0.1, 0.15) is 6.54 Å². The Morgan fingerprint density at radius 1 is 1.19 bits per heavy atom. The maximum Gasteiger partial charge on any atom is 0.240 e. The fourth-order valence-corrected chi connectivity index (χ4v) is 5.12. The molecule has 1 aromatic rings. The molecule has 2 amide bonds. The highest BCUT2D eigenvalue weighted by atomic mass is 32.2. The highest BCUT2D eigenvalue weighted by molar-refractivity contribution is 8.03. The van der Waals surface area contributed by atoms with Gasteiger partial charge in [-0.1, -0.05) is 30.3 Å². The van der Waals surface area contributed by atoms with Crippen LogP contribution in [0.4, 0.5) is 0 Å². The fourth-order valence-electron chi connectivity index (χ4n) is 4.32. The molecule has 27 heavy (non-hydrogen) atoms. The summed E-state index contributed by atoms with van der Waals surface area (Å²) in [7, 11) is 0. The van der Waals surface area contributed by atoms with E-state index in [4.69, 9.17) is 0 Å². The van der Waals surface area contributed by atoms with E-state index in [1.165, 1.54) is 11.8 Å². The summed E-state index contributed by atoms with van der Waals surface area (Å²) in [6.07, 6.45) is 1.74. The van der Waals surface area contributed by atoms with Gasteiger partial charge in [0.15, 0.2) is 0 Å². The number of hydrogen-bond acceptors (Lipinski definition) is 4. The summed E-state index contributed by atoms with van der Waals surface area (Å²) < 4.78 is 0. The Balaban J connectivity index is 1.69. The van der Waals surface area contributed by atoms with Gasteiger partial charge in [-0.05, 0) is 51.5 Å². The molecule has 0 aliphatic carbocycles. The number of piperidine rings is 1. The minimum atomic E-state index is -0.101. The van der Waals surface area contributed by atoms with Crippen molar-refractivity contribution in [2.45, 2.75) is 57.7 Å². The normalized spacial score (nSPS) is 22.3. The van der Waals surface area contributed by atoms with Crippen LogP contribution in [0.3, 0.4) is 0 Å². The Bertz CT molecular complexity index is 727. The minimum Gasteiger partial charge on any atom is -0.352 e. The Morgan fingerprint density at radius 3 is 2.44 bits per heavy atom. The second kappa shape index (κ2) is 7.68. The summed E-state index contributed by atoms with van der Waals surface area (Å²) >= 11 is 1.48. The molecule has 0 bridgehead atoms. The molecule has 0 unspecified atom stereocenters. The molecule has 0 radical (unpaired) electrons. The highest BCUT2D eigenvalue weighted by Gasteiger charge is 2.38. The van der Waals surface area contributed by atoms with Crippen LogP contribution < -0.4 is 10.6 Å². The molecule has 1 fully saturated rings. The third-order valence-corrected chi connectivity index (χ3v) is 5.72. The Kier molecular flexibility index (Phi) is 5.68. The molecule has 2 N–H and O–H groups in total. The molecule has 1 saturated heterocycles. The van der Waals surface area contributed by atoms with Crippen molar-refractivity contribution in [1.29, 1.82) is 0 Å². The van der Waals surface area contributed by atoms with Crippen LogP contribution in [0.25, 0.3) is 5.70 Å². The third-order valence-electron chi connectivity index (χ3n) is 4.92. The van der Waals surface area contributed by atoms with E-state index in [0.717, 1.165) is 24.1 Å². The lowest BCUT2D eigenvalue weighted by Gasteiger charge is -2.46. The Morgan fingerprint density at radius 2 is 1.81 bits per heavy atom. The number of carbonyl (C=O) groups is 2. The lowest BCUT2D eigenvalue weighted by molar-refractivity contribution is -0.131. The van der Waals surface area contributed by atoms with Crippen LogP contribution in [-0.4, -0.2) is 46.1 Å². The summed E-state index contributed by atoms with van der Waals surface area (Å²) in [6.45, 7) is 8.71. The first-order chi connectivity index (χ1) is 12.7. The lowest BCUT2D eigenvalue weighted by Crippen LogP contribution is -2.62. The van der Waals surface area contributed by atoms with E-state index < -0.39 is 0 Å². The fraction of sp³-hybridized carbons (Fsp3) is 0.524. The molecule has 2 aliphatic heterocycles. The smallest absolute Gasteiger partial charge is 0.240 e. The number of rotatable bonds is 4. The molecule has 0 spiro atoms. The highest BCUT2D eigenvalue weighted by Crippen LogP contribution is 2.30. The minimum absolute atomic E-state index is 0.0255. The second-order valence-corrected chi connectivity index (χ2v) is 9.58. The third kappa shape index (κ3) is 5.14. The number of amides is 2. The number of benzene rings is 1. The van der Waals surface area contributed by atoms with Crippen LogP contribution in [-0.2, 0) is 9.59 Å². The van der Waals surface area contributed by atoms with Gasteiger partial charge >= 0.3 is 0 Å². The molecule has 2 heterocycles. The topological polar surface area (TPSA) is 61.4 Å². The average molecular weight is 388 g/mol. The van der Waals surface area contributed by atoms with Gasteiger partial charge in [-0.15, -0.1) is 11.8 Å². The predicted molar refractivity (Wildman–Crippen MR) is 111 cm³/mol. The Labute approximate surface area is 166 Å². The first kappa shape index (κ1) is 20.0. The van der Waals surface area contributed by atoms with E-state index in [2.05, 4.69) is 38.3 Å². The molecule has 5 nitrogen and oxygen atoms in total. The van der Waals surface area contributed by atoms with Gasteiger partial charge < -0.3 is 15.5 Å². The van der Waals surface area contributed by atoms with E-state index in [1.807, 2.05) is 35.7 Å². The van der Waals surface area contributed by atoms with Crippen molar-refractivity contribution in [3.05, 3.63) is 41.3 Å². The quantitative estimate of drug-likeness (QED) is 0.834. The Hall–Kier alpha value is -1.79. The summed E-state index contributed by atoms with van der Waals surface area (Å²) in [5.74, 6) is 0.245. The number of hydrogen-bond donors (Lipinski definition) is 2. The van der Waals surface area contributed by atoms with Crippen LogP contribution in [0, 0.1) is 0 Å². The average Bonchev–Trinajstić information content (AvgIpc) is 2.54. The molecule has 0 saturated carbocycles. The van der Waals surface area contributed by atoms with Gasteiger partial charge in [-0.25, -0.2) is 0 Å². The maximum atomic E-state index is 12.8. The molecule has 1 aromatic carbocycles. The van der Waals surface area contributed by atoms with Crippen molar-refractivity contribution in [1.82, 2.24) is 15.5 Å². The number of carbonyl (C=O) groups excluding carboxylic acids is 2. The van der Waals surface area contributed by atoms with Gasteiger partial charge in [-0.3, -0.25) is 9.59 Å². The molecule has 0 atom stereocenters. The van der Waals surface area contributed by atoms with Crippen molar-refractivity contribution in [2.24, 2.45) is 0 Å². The molecule has 2 aliphatic rings. The van der Waals surface area contributed by atoms with Crippen molar-refractivity contribution < 1.29 is 9.59 Å². The number of nitrogens with zero attached hydrogens (tertiary/aromatic N) is 1. The summed E-state index contributed by atoms with van der Waals surface area (Å²) in [5.41, 5.74) is 1.69. The zero-order valence-electron chi connectivity index (χ0n) is 16.5. The van der Waals surface area contributed by atoms with E-state index in [9.17, 15) is 9.59 Å². The molecular weight excluding hydrogens is 358 g/mol. The van der Waals surface area contributed by atoms with Crippen molar-refractivity contribution in [3.8, 4) is 0 Å². The predicted octanol–water partition coefficient (Wildman–Crippen LogP) is 2.99. The zero-order valence-corrected chi connectivity index (χ0v) is 17.4.